The van der Waals surface area contributed by atoms with Gasteiger partial charge < -0.3 is 15.0 Å². The molecule has 1 aromatic carbocycles. The van der Waals surface area contributed by atoms with Crippen LogP contribution in [0, 0.1) is 5.92 Å². The van der Waals surface area contributed by atoms with Gasteiger partial charge >= 0.3 is 6.18 Å². The lowest BCUT2D eigenvalue weighted by Crippen LogP contribution is -2.34. The number of ether oxygens (including phenoxy) is 1. The third-order valence-corrected chi connectivity index (χ3v) is 3.92. The van der Waals surface area contributed by atoms with Crippen molar-refractivity contribution in [2.24, 2.45) is 5.92 Å². The maximum atomic E-state index is 12.1. The summed E-state index contributed by atoms with van der Waals surface area (Å²) in [6.45, 7) is -0.937. The second-order valence-corrected chi connectivity index (χ2v) is 6.13. The van der Waals surface area contributed by atoms with Gasteiger partial charge in [-0.15, -0.1) is 0 Å². The number of anilines is 1. The first-order valence-electron chi connectivity index (χ1n) is 7.74. The number of hydrogen-bond acceptors (Lipinski definition) is 3. The lowest BCUT2D eigenvalue weighted by Gasteiger charge is -2.16. The Labute approximate surface area is 148 Å². The van der Waals surface area contributed by atoms with Gasteiger partial charge in [0.15, 0.2) is 0 Å². The lowest BCUT2D eigenvalue weighted by molar-refractivity contribution is -0.174. The highest BCUT2D eigenvalue weighted by molar-refractivity contribution is 6.30. The Balaban J connectivity index is 1.72. The van der Waals surface area contributed by atoms with E-state index in [9.17, 15) is 22.8 Å². The number of nitrogens with one attached hydrogen (secondary N) is 1. The van der Waals surface area contributed by atoms with Crippen molar-refractivity contribution in [2.75, 3.05) is 31.2 Å². The molecule has 0 saturated carbocycles. The van der Waals surface area contributed by atoms with Gasteiger partial charge in [0.05, 0.1) is 5.92 Å². The van der Waals surface area contributed by atoms with Crippen LogP contribution in [-0.2, 0) is 14.3 Å². The quantitative estimate of drug-likeness (QED) is 0.742. The maximum Gasteiger partial charge on any atom is 0.411 e. The minimum absolute atomic E-state index is 0.0963. The van der Waals surface area contributed by atoms with Crippen LogP contribution in [0.15, 0.2) is 24.3 Å². The summed E-state index contributed by atoms with van der Waals surface area (Å²) in [6, 6.07) is 6.74. The molecule has 0 bridgehead atoms. The second kappa shape index (κ2) is 8.53. The van der Waals surface area contributed by atoms with Crippen molar-refractivity contribution < 1.29 is 27.5 Å². The topological polar surface area (TPSA) is 58.6 Å². The zero-order chi connectivity index (χ0) is 18.4. The Morgan fingerprint density at radius 2 is 2.00 bits per heavy atom. The predicted octanol–water partition coefficient (Wildman–Crippen LogP) is 2.78. The minimum atomic E-state index is -4.35. The Morgan fingerprint density at radius 3 is 2.64 bits per heavy atom. The normalized spacial score (nSPS) is 17.8. The van der Waals surface area contributed by atoms with E-state index in [0.717, 1.165) is 0 Å². The van der Waals surface area contributed by atoms with Crippen molar-refractivity contribution >= 4 is 29.1 Å². The highest BCUT2D eigenvalue weighted by Crippen LogP contribution is 2.26. The minimum Gasteiger partial charge on any atom is -0.372 e. The fraction of sp³-hybridized carbons (Fsp3) is 0.500. The van der Waals surface area contributed by atoms with Crippen molar-refractivity contribution in [3.05, 3.63) is 29.3 Å². The lowest BCUT2D eigenvalue weighted by atomic mass is 10.1. The first-order chi connectivity index (χ1) is 11.8. The van der Waals surface area contributed by atoms with Crippen LogP contribution in [0.5, 0.6) is 0 Å². The number of alkyl halides is 3. The van der Waals surface area contributed by atoms with E-state index in [2.05, 4.69) is 10.1 Å². The molecule has 1 aliphatic rings. The molecule has 1 unspecified atom stereocenters. The summed E-state index contributed by atoms with van der Waals surface area (Å²) in [4.78, 5) is 25.7. The summed E-state index contributed by atoms with van der Waals surface area (Å²) in [5, 5.41) is 3.18. The van der Waals surface area contributed by atoms with E-state index < -0.39 is 18.7 Å². The molecule has 0 spiro atoms. The van der Waals surface area contributed by atoms with Gasteiger partial charge in [-0.3, -0.25) is 9.59 Å². The number of carbonyl (C=O) groups excluding carboxylic acids is 2. The number of hydrogen-bond donors (Lipinski definition) is 1. The largest absolute Gasteiger partial charge is 0.411 e. The van der Waals surface area contributed by atoms with Gasteiger partial charge in [-0.05, 0) is 30.7 Å². The molecule has 2 rings (SSSR count). The Bertz CT molecular complexity index is 608. The highest BCUT2D eigenvalue weighted by Gasteiger charge is 2.34. The molecule has 0 aromatic heterocycles. The molecule has 25 heavy (non-hydrogen) atoms. The molecule has 1 aromatic rings. The fourth-order valence-electron chi connectivity index (χ4n) is 2.47. The van der Waals surface area contributed by atoms with E-state index in [0.29, 0.717) is 10.7 Å². The van der Waals surface area contributed by atoms with E-state index in [1.165, 1.54) is 4.90 Å². The molecule has 0 aliphatic carbocycles. The van der Waals surface area contributed by atoms with Crippen molar-refractivity contribution in [2.45, 2.75) is 19.0 Å². The molecular formula is C16H18ClF3N2O3. The van der Waals surface area contributed by atoms with Crippen molar-refractivity contribution in [3.8, 4) is 0 Å². The average molecular weight is 379 g/mol. The standard InChI is InChI=1S/C16H18ClF3N2O3/c17-12-2-4-13(5-3-12)22-9-11(8-14(22)23)15(24)21-6-1-7-25-10-16(18,19)20/h2-5,11H,1,6-10H2,(H,21,24). The van der Waals surface area contributed by atoms with Crippen molar-refractivity contribution in [3.63, 3.8) is 0 Å². The number of benzene rings is 1. The number of nitrogens with zero attached hydrogens (tertiary/aromatic N) is 1. The summed E-state index contributed by atoms with van der Waals surface area (Å²) in [5.74, 6) is -0.934. The van der Waals surface area contributed by atoms with Crippen LogP contribution in [0.2, 0.25) is 5.02 Å². The van der Waals surface area contributed by atoms with Crippen LogP contribution >= 0.6 is 11.6 Å². The van der Waals surface area contributed by atoms with Crippen LogP contribution in [-0.4, -0.2) is 44.3 Å². The molecule has 0 radical (unpaired) electrons. The van der Waals surface area contributed by atoms with Gasteiger partial charge in [-0.1, -0.05) is 11.6 Å². The fourth-order valence-corrected chi connectivity index (χ4v) is 2.60. The van der Waals surface area contributed by atoms with Crippen LogP contribution in [0.1, 0.15) is 12.8 Å². The molecular weight excluding hydrogens is 361 g/mol. The molecule has 138 valence electrons. The zero-order valence-corrected chi connectivity index (χ0v) is 14.1. The van der Waals surface area contributed by atoms with Crippen LogP contribution in [0.3, 0.4) is 0 Å². The predicted molar refractivity (Wildman–Crippen MR) is 86.4 cm³/mol. The number of amides is 2. The van der Waals surface area contributed by atoms with Crippen LogP contribution in [0.4, 0.5) is 18.9 Å². The van der Waals surface area contributed by atoms with Crippen molar-refractivity contribution in [1.29, 1.82) is 0 Å². The van der Waals surface area contributed by atoms with Gasteiger partial charge in [0.2, 0.25) is 11.8 Å². The second-order valence-electron chi connectivity index (χ2n) is 5.69. The Hall–Kier alpha value is -1.80. The maximum absolute atomic E-state index is 12.1. The molecule has 9 heteroatoms. The molecule has 1 aliphatic heterocycles. The number of carbonyl (C=O) groups is 2. The highest BCUT2D eigenvalue weighted by atomic mass is 35.5. The van der Waals surface area contributed by atoms with E-state index in [-0.39, 0.29) is 44.4 Å². The number of halogens is 4. The molecule has 1 heterocycles. The summed E-state index contributed by atoms with van der Waals surface area (Å²) < 4.78 is 40.1. The molecule has 1 N–H and O–H groups in total. The first-order valence-corrected chi connectivity index (χ1v) is 8.12. The SMILES string of the molecule is O=C(NCCCOCC(F)(F)F)C1CC(=O)N(c2ccc(Cl)cc2)C1. The van der Waals surface area contributed by atoms with Gasteiger partial charge in [0, 0.05) is 36.8 Å². The van der Waals surface area contributed by atoms with Gasteiger partial charge in [0.1, 0.15) is 6.61 Å². The monoisotopic (exact) mass is 378 g/mol. The first kappa shape index (κ1) is 19.5. The van der Waals surface area contributed by atoms with E-state index in [1.807, 2.05) is 0 Å². The molecule has 5 nitrogen and oxygen atoms in total. The van der Waals surface area contributed by atoms with E-state index in [1.54, 1.807) is 24.3 Å². The van der Waals surface area contributed by atoms with Crippen molar-refractivity contribution in [1.82, 2.24) is 5.32 Å². The summed E-state index contributed by atoms with van der Waals surface area (Å²) in [6.07, 6.45) is -3.99. The van der Waals surface area contributed by atoms with Crippen LogP contribution < -0.4 is 10.2 Å². The van der Waals surface area contributed by atoms with Gasteiger partial charge in [-0.25, -0.2) is 0 Å². The van der Waals surface area contributed by atoms with Crippen LogP contribution in [0.25, 0.3) is 0 Å². The molecule has 1 atom stereocenters. The van der Waals surface area contributed by atoms with E-state index in [4.69, 9.17) is 11.6 Å². The van der Waals surface area contributed by atoms with Gasteiger partial charge in [-0.2, -0.15) is 13.2 Å². The smallest absolute Gasteiger partial charge is 0.372 e. The third-order valence-electron chi connectivity index (χ3n) is 3.66. The molecule has 1 saturated heterocycles. The zero-order valence-electron chi connectivity index (χ0n) is 13.3. The summed E-state index contributed by atoms with van der Waals surface area (Å²) >= 11 is 5.81. The average Bonchev–Trinajstić information content (AvgIpc) is 2.92. The van der Waals surface area contributed by atoms with E-state index >= 15 is 0 Å². The molecule has 2 amide bonds. The molecule has 1 fully saturated rings. The Morgan fingerprint density at radius 1 is 1.32 bits per heavy atom. The number of rotatable bonds is 7. The van der Waals surface area contributed by atoms with Gasteiger partial charge in [0.25, 0.3) is 0 Å². The Kier molecular flexibility index (Phi) is 6.66. The summed E-state index contributed by atoms with van der Waals surface area (Å²) in [5.41, 5.74) is 0.672. The third kappa shape index (κ3) is 6.21. The summed E-state index contributed by atoms with van der Waals surface area (Å²) in [7, 11) is 0.